The van der Waals surface area contributed by atoms with Crippen LogP contribution < -0.4 is 10.6 Å². The Morgan fingerprint density at radius 1 is 0.718 bits per heavy atom. The summed E-state index contributed by atoms with van der Waals surface area (Å²) in [6.07, 6.45) is 5.00. The van der Waals surface area contributed by atoms with E-state index in [1.807, 2.05) is 71.4 Å². The first-order chi connectivity index (χ1) is 19.1. The van der Waals surface area contributed by atoms with Gasteiger partial charge in [-0.05, 0) is 87.3 Å². The van der Waals surface area contributed by atoms with Gasteiger partial charge in [-0.3, -0.25) is 14.4 Å². The van der Waals surface area contributed by atoms with Crippen molar-refractivity contribution in [3.63, 3.8) is 0 Å². The van der Waals surface area contributed by atoms with Gasteiger partial charge in [-0.15, -0.1) is 0 Å². The molecule has 4 aromatic carbocycles. The van der Waals surface area contributed by atoms with Crippen LogP contribution in [-0.2, 0) is 4.79 Å². The molecule has 0 aliphatic heterocycles. The highest BCUT2D eigenvalue weighted by molar-refractivity contribution is 7.08. The third-order valence-electron chi connectivity index (χ3n) is 6.05. The molecule has 0 bridgehead atoms. The largest absolute Gasteiger partial charge is 0.321 e. The summed E-state index contributed by atoms with van der Waals surface area (Å²) in [7, 11) is 0. The van der Waals surface area contributed by atoms with Crippen LogP contribution in [0.1, 0.15) is 31.8 Å². The number of thiophene rings is 1. The summed E-state index contributed by atoms with van der Waals surface area (Å²) < 4.78 is 0. The summed E-state index contributed by atoms with van der Waals surface area (Å²) in [5, 5.41) is 11.5. The van der Waals surface area contributed by atoms with E-state index in [2.05, 4.69) is 10.6 Å². The number of carbonyl (C=O) groups is 3. The van der Waals surface area contributed by atoms with Crippen molar-refractivity contribution in [1.29, 1.82) is 0 Å². The van der Waals surface area contributed by atoms with E-state index < -0.39 is 5.91 Å². The van der Waals surface area contributed by atoms with Crippen molar-refractivity contribution < 1.29 is 14.4 Å². The van der Waals surface area contributed by atoms with E-state index in [0.717, 1.165) is 21.9 Å². The van der Waals surface area contributed by atoms with E-state index in [-0.39, 0.29) is 17.4 Å². The first-order valence-electron chi connectivity index (χ1n) is 12.3. The van der Waals surface area contributed by atoms with E-state index in [0.29, 0.717) is 16.8 Å². The van der Waals surface area contributed by atoms with Crippen molar-refractivity contribution in [3.05, 3.63) is 148 Å². The maximum Gasteiger partial charge on any atom is 0.272 e. The Bertz CT molecular complexity index is 1680. The van der Waals surface area contributed by atoms with Crippen molar-refractivity contribution >= 4 is 57.5 Å². The van der Waals surface area contributed by atoms with E-state index in [1.54, 1.807) is 60.7 Å². The van der Waals surface area contributed by atoms with Crippen LogP contribution in [0.5, 0.6) is 0 Å². The second-order valence-corrected chi connectivity index (χ2v) is 9.51. The fraction of sp³-hybridized carbons (Fsp3) is 0. The molecule has 0 radical (unpaired) electrons. The fourth-order valence-corrected chi connectivity index (χ4v) is 4.66. The molecule has 5 aromatic rings. The highest BCUT2D eigenvalue weighted by Crippen LogP contribution is 2.20. The van der Waals surface area contributed by atoms with Gasteiger partial charge in [0.1, 0.15) is 5.70 Å². The Labute approximate surface area is 230 Å². The lowest BCUT2D eigenvalue weighted by molar-refractivity contribution is -0.113. The number of nitrogens with one attached hydrogen (secondary N) is 2. The fourth-order valence-electron chi connectivity index (χ4n) is 4.04. The minimum absolute atomic E-state index is 0.112. The average Bonchev–Trinajstić information content (AvgIpc) is 3.49. The lowest BCUT2D eigenvalue weighted by Crippen LogP contribution is -2.30. The molecule has 5 rings (SSSR count). The molecule has 39 heavy (non-hydrogen) atoms. The van der Waals surface area contributed by atoms with Crippen LogP contribution in [0.4, 0.5) is 5.69 Å². The van der Waals surface area contributed by atoms with Gasteiger partial charge >= 0.3 is 0 Å². The van der Waals surface area contributed by atoms with Crippen molar-refractivity contribution in [2.24, 2.45) is 0 Å². The zero-order valence-corrected chi connectivity index (χ0v) is 21.7. The highest BCUT2D eigenvalue weighted by Gasteiger charge is 2.15. The predicted molar refractivity (Wildman–Crippen MR) is 159 cm³/mol. The predicted octanol–water partition coefficient (Wildman–Crippen LogP) is 7.21. The molecule has 2 amide bonds. The van der Waals surface area contributed by atoms with Crippen LogP contribution in [0.3, 0.4) is 0 Å². The number of amides is 2. The minimum Gasteiger partial charge on any atom is -0.321 e. The van der Waals surface area contributed by atoms with E-state index in [1.165, 1.54) is 11.3 Å². The van der Waals surface area contributed by atoms with Gasteiger partial charge in [0.2, 0.25) is 0 Å². The number of fused-ring (bicyclic) bond motifs is 1. The standard InChI is InChI=1S/C33H24N2O3S/c36-31(18-15-25-11-6-10-24-7-4-5-12-29(24)25)26-13-16-28(17-14-26)34-33(38)30(21-23-19-20-39-22-23)35-32(37)27-8-2-1-3-9-27/h1-22H,(H,34,38)(H,35,37)/b18-15+,30-21-. The van der Waals surface area contributed by atoms with Crippen molar-refractivity contribution in [2.45, 2.75) is 0 Å². The molecule has 0 fully saturated rings. The molecular formula is C33H24N2O3S. The Kier molecular flexibility index (Phi) is 7.86. The number of hydrogen-bond donors (Lipinski definition) is 2. The summed E-state index contributed by atoms with van der Waals surface area (Å²) in [4.78, 5) is 38.6. The molecule has 1 heterocycles. The molecule has 2 N–H and O–H groups in total. The molecule has 190 valence electrons. The quantitative estimate of drug-likeness (QED) is 0.165. The SMILES string of the molecule is O=C(Nc1ccc(C(=O)/C=C/c2cccc3ccccc23)cc1)/C(=C/c1ccsc1)NC(=O)c1ccccc1. The minimum atomic E-state index is -0.472. The van der Waals surface area contributed by atoms with Crippen molar-refractivity contribution in [1.82, 2.24) is 5.32 Å². The van der Waals surface area contributed by atoms with E-state index in [4.69, 9.17) is 0 Å². The summed E-state index contributed by atoms with van der Waals surface area (Å²) >= 11 is 1.49. The Morgan fingerprint density at radius 3 is 2.23 bits per heavy atom. The summed E-state index contributed by atoms with van der Waals surface area (Å²) in [6, 6.07) is 31.2. The van der Waals surface area contributed by atoms with E-state index in [9.17, 15) is 14.4 Å². The Morgan fingerprint density at radius 2 is 1.46 bits per heavy atom. The molecule has 0 aliphatic carbocycles. The number of rotatable bonds is 8. The van der Waals surface area contributed by atoms with Crippen LogP contribution in [0.25, 0.3) is 22.9 Å². The van der Waals surface area contributed by atoms with Gasteiger partial charge in [-0.25, -0.2) is 0 Å². The molecule has 5 nitrogen and oxygen atoms in total. The number of carbonyl (C=O) groups excluding carboxylic acids is 3. The number of anilines is 1. The first kappa shape index (κ1) is 25.6. The van der Waals surface area contributed by atoms with Crippen LogP contribution in [0.15, 0.2) is 126 Å². The van der Waals surface area contributed by atoms with Gasteiger partial charge in [0.25, 0.3) is 11.8 Å². The van der Waals surface area contributed by atoms with Gasteiger partial charge < -0.3 is 10.6 Å². The number of benzene rings is 4. The van der Waals surface area contributed by atoms with Crippen molar-refractivity contribution in [3.8, 4) is 0 Å². The van der Waals surface area contributed by atoms with Gasteiger partial charge in [0.15, 0.2) is 5.78 Å². The zero-order valence-electron chi connectivity index (χ0n) is 20.8. The van der Waals surface area contributed by atoms with E-state index >= 15 is 0 Å². The molecule has 0 spiro atoms. The van der Waals surface area contributed by atoms with Crippen LogP contribution in [-0.4, -0.2) is 17.6 Å². The smallest absolute Gasteiger partial charge is 0.272 e. The lowest BCUT2D eigenvalue weighted by atomic mass is 10.0. The highest BCUT2D eigenvalue weighted by atomic mass is 32.1. The Balaban J connectivity index is 1.29. The molecule has 0 atom stereocenters. The van der Waals surface area contributed by atoms with Gasteiger partial charge in [0.05, 0.1) is 0 Å². The molecule has 0 saturated carbocycles. The number of allylic oxidation sites excluding steroid dienone is 1. The maximum absolute atomic E-state index is 13.1. The lowest BCUT2D eigenvalue weighted by Gasteiger charge is -2.11. The molecular weight excluding hydrogens is 504 g/mol. The molecule has 6 heteroatoms. The topological polar surface area (TPSA) is 75.3 Å². The normalized spacial score (nSPS) is 11.4. The number of hydrogen-bond acceptors (Lipinski definition) is 4. The molecule has 0 saturated heterocycles. The zero-order chi connectivity index (χ0) is 27.0. The second kappa shape index (κ2) is 12.0. The third-order valence-corrected chi connectivity index (χ3v) is 6.75. The maximum atomic E-state index is 13.1. The van der Waals surface area contributed by atoms with Crippen molar-refractivity contribution in [2.75, 3.05) is 5.32 Å². The van der Waals surface area contributed by atoms with Crippen LogP contribution in [0, 0.1) is 0 Å². The molecule has 1 aromatic heterocycles. The molecule has 0 unspecified atom stereocenters. The molecule has 0 aliphatic rings. The average molecular weight is 529 g/mol. The first-order valence-corrected chi connectivity index (χ1v) is 13.2. The number of ketones is 1. The van der Waals surface area contributed by atoms with Gasteiger partial charge in [-0.1, -0.05) is 66.7 Å². The third kappa shape index (κ3) is 6.44. The summed E-state index contributed by atoms with van der Waals surface area (Å²) in [6.45, 7) is 0. The summed E-state index contributed by atoms with van der Waals surface area (Å²) in [5.41, 5.74) is 3.32. The van der Waals surface area contributed by atoms with Crippen LogP contribution >= 0.6 is 11.3 Å². The second-order valence-electron chi connectivity index (χ2n) is 8.73. The van der Waals surface area contributed by atoms with Crippen LogP contribution in [0.2, 0.25) is 0 Å². The summed E-state index contributed by atoms with van der Waals surface area (Å²) in [5.74, 6) is -0.999. The van der Waals surface area contributed by atoms with Gasteiger partial charge in [-0.2, -0.15) is 11.3 Å². The monoisotopic (exact) mass is 528 g/mol. The van der Waals surface area contributed by atoms with Gasteiger partial charge in [0, 0.05) is 16.8 Å². The Hall–Kier alpha value is -5.07.